The highest BCUT2D eigenvalue weighted by Crippen LogP contribution is 2.26. The van der Waals surface area contributed by atoms with Crippen molar-refractivity contribution in [3.63, 3.8) is 0 Å². The molecule has 0 saturated carbocycles. The zero-order valence-corrected chi connectivity index (χ0v) is 27.4. The minimum atomic E-state index is -0.112. The van der Waals surface area contributed by atoms with Gasteiger partial charge in [-0.25, -0.2) is 4.98 Å². The summed E-state index contributed by atoms with van der Waals surface area (Å²) < 4.78 is 2.02. The maximum absolute atomic E-state index is 13.9. The van der Waals surface area contributed by atoms with Crippen LogP contribution in [0.15, 0.2) is 109 Å². The molecule has 1 fully saturated rings. The van der Waals surface area contributed by atoms with Gasteiger partial charge in [-0.15, -0.1) is 11.3 Å². The number of Topliss-reactive ketones (excluding diaryl/α,β-unsaturated/α-hetero) is 1. The van der Waals surface area contributed by atoms with E-state index in [4.69, 9.17) is 5.26 Å². The summed E-state index contributed by atoms with van der Waals surface area (Å²) in [5, 5.41) is 11.0. The van der Waals surface area contributed by atoms with Crippen LogP contribution in [0.1, 0.15) is 56.1 Å². The zero-order valence-electron chi connectivity index (χ0n) is 26.6. The van der Waals surface area contributed by atoms with Gasteiger partial charge in [-0.05, 0) is 72.0 Å². The highest BCUT2D eigenvalue weighted by Gasteiger charge is 2.23. The molecule has 9 nitrogen and oxygen atoms in total. The van der Waals surface area contributed by atoms with Gasteiger partial charge < -0.3 is 19.3 Å². The predicted octanol–water partition coefficient (Wildman–Crippen LogP) is 6.41. The molecule has 6 rings (SSSR count). The molecule has 48 heavy (non-hydrogen) atoms. The van der Waals surface area contributed by atoms with Crippen molar-refractivity contribution in [3.05, 3.63) is 136 Å². The molecule has 10 heteroatoms. The molecular formula is C38H36N6O3S. The smallest absolute Gasteiger partial charge is 0.258 e. The zero-order chi connectivity index (χ0) is 33.3. The summed E-state index contributed by atoms with van der Waals surface area (Å²) in [6.07, 6.45) is 4.87. The van der Waals surface area contributed by atoms with Gasteiger partial charge in [0.1, 0.15) is 0 Å². The number of rotatable bonds is 12. The van der Waals surface area contributed by atoms with E-state index in [0.29, 0.717) is 69.7 Å². The number of piperazine rings is 1. The summed E-state index contributed by atoms with van der Waals surface area (Å²) in [4.78, 5) is 50.0. The van der Waals surface area contributed by atoms with E-state index in [0.717, 1.165) is 27.5 Å². The van der Waals surface area contributed by atoms with Crippen molar-refractivity contribution in [2.24, 2.45) is 0 Å². The molecule has 2 amide bonds. The SMILES string of the molecule is N#Cc1ccc(Cn2cncc2CN(C(=O)c2ccccc2)c2ccc(N3CCN(C(=O)CCCC(=O)c4cccs4)CC3)cc2)cc1. The third kappa shape index (κ3) is 7.88. The Morgan fingerprint density at radius 2 is 1.60 bits per heavy atom. The number of benzene rings is 3. The molecule has 1 aliphatic rings. The van der Waals surface area contributed by atoms with Gasteiger partial charge in [-0.1, -0.05) is 36.4 Å². The number of hydrogen-bond donors (Lipinski definition) is 0. The van der Waals surface area contributed by atoms with Crippen molar-refractivity contribution < 1.29 is 14.4 Å². The summed E-state index contributed by atoms with van der Waals surface area (Å²) in [5.74, 6) is 0.0833. The molecule has 3 heterocycles. The number of nitriles is 1. The highest BCUT2D eigenvalue weighted by atomic mass is 32.1. The maximum atomic E-state index is 13.9. The number of carbonyl (C=O) groups excluding carboxylic acids is 3. The second kappa shape index (κ2) is 15.4. The minimum Gasteiger partial charge on any atom is -0.368 e. The second-order valence-electron chi connectivity index (χ2n) is 11.7. The normalized spacial score (nSPS) is 12.8. The molecule has 0 atom stereocenters. The number of ketones is 1. The Kier molecular flexibility index (Phi) is 10.4. The van der Waals surface area contributed by atoms with E-state index in [2.05, 4.69) is 16.0 Å². The minimum absolute atomic E-state index is 0.0949. The van der Waals surface area contributed by atoms with Crippen LogP contribution < -0.4 is 9.80 Å². The van der Waals surface area contributed by atoms with Crippen LogP contribution in [-0.4, -0.2) is 58.2 Å². The number of anilines is 2. The van der Waals surface area contributed by atoms with Crippen molar-refractivity contribution in [1.82, 2.24) is 14.5 Å². The number of nitrogens with zero attached hydrogens (tertiary/aromatic N) is 6. The van der Waals surface area contributed by atoms with Crippen molar-refractivity contribution in [2.45, 2.75) is 32.4 Å². The fourth-order valence-electron chi connectivity index (χ4n) is 5.86. The van der Waals surface area contributed by atoms with Gasteiger partial charge in [0.15, 0.2) is 5.78 Å². The van der Waals surface area contributed by atoms with E-state index in [1.54, 1.807) is 29.6 Å². The topological polar surface area (TPSA) is 103 Å². The molecule has 0 bridgehead atoms. The Labute approximate surface area is 284 Å². The first kappa shape index (κ1) is 32.4. The number of amides is 2. The number of imidazole rings is 1. The standard InChI is InChI=1S/C38H36N6O3S/c39-24-29-11-13-30(14-12-29)26-43-28-40-25-34(43)27-44(38(47)31-6-2-1-3-7-31)33-17-15-32(16-18-33)41-19-21-42(22-20-41)37(46)10-4-8-35(45)36-9-5-23-48-36/h1-3,5-7,9,11-18,23,25,28H,4,8,10,19-22,26-27H2. The average Bonchev–Trinajstić information content (AvgIpc) is 3.84. The Bertz CT molecular complexity index is 1870. The van der Waals surface area contributed by atoms with Crippen molar-refractivity contribution in [2.75, 3.05) is 36.0 Å². The number of carbonyl (C=O) groups is 3. The monoisotopic (exact) mass is 656 g/mol. The van der Waals surface area contributed by atoms with Crippen LogP contribution in [0, 0.1) is 11.3 Å². The molecule has 0 N–H and O–H groups in total. The lowest BCUT2D eigenvalue weighted by Gasteiger charge is -2.36. The van der Waals surface area contributed by atoms with Crippen molar-refractivity contribution in [1.29, 1.82) is 5.26 Å². The van der Waals surface area contributed by atoms with Crippen LogP contribution in [0.4, 0.5) is 11.4 Å². The van der Waals surface area contributed by atoms with Crippen LogP contribution in [-0.2, 0) is 17.9 Å². The fourth-order valence-corrected chi connectivity index (χ4v) is 6.55. The maximum Gasteiger partial charge on any atom is 0.258 e. The summed E-state index contributed by atoms with van der Waals surface area (Å²) in [7, 11) is 0. The van der Waals surface area contributed by atoms with E-state index in [1.807, 2.05) is 93.7 Å². The molecule has 0 radical (unpaired) electrons. The second-order valence-corrected chi connectivity index (χ2v) is 12.7. The fraction of sp³-hybridized carbons (Fsp3) is 0.237. The molecule has 3 aromatic carbocycles. The Balaban J connectivity index is 1.10. The van der Waals surface area contributed by atoms with E-state index >= 15 is 0 Å². The van der Waals surface area contributed by atoms with Crippen LogP contribution in [0.5, 0.6) is 0 Å². The van der Waals surface area contributed by atoms with Crippen molar-refractivity contribution in [3.8, 4) is 6.07 Å². The van der Waals surface area contributed by atoms with Crippen LogP contribution in [0.2, 0.25) is 0 Å². The van der Waals surface area contributed by atoms with Gasteiger partial charge in [0.05, 0.1) is 35.1 Å². The first-order valence-corrected chi connectivity index (χ1v) is 16.9. The van der Waals surface area contributed by atoms with Gasteiger partial charge in [0, 0.05) is 68.7 Å². The first-order chi connectivity index (χ1) is 23.5. The van der Waals surface area contributed by atoms with Crippen LogP contribution in [0.25, 0.3) is 0 Å². The van der Waals surface area contributed by atoms with E-state index < -0.39 is 0 Å². The molecular weight excluding hydrogens is 621 g/mol. The van der Waals surface area contributed by atoms with E-state index in [9.17, 15) is 14.4 Å². The van der Waals surface area contributed by atoms with Gasteiger partial charge in [0.25, 0.3) is 5.91 Å². The van der Waals surface area contributed by atoms with Gasteiger partial charge in [-0.2, -0.15) is 5.26 Å². The molecule has 0 aliphatic carbocycles. The molecule has 2 aromatic heterocycles. The molecule has 242 valence electrons. The molecule has 0 spiro atoms. The van der Waals surface area contributed by atoms with Gasteiger partial charge in [-0.3, -0.25) is 14.4 Å². The lowest BCUT2D eigenvalue weighted by atomic mass is 10.1. The van der Waals surface area contributed by atoms with Gasteiger partial charge >= 0.3 is 0 Å². The summed E-state index contributed by atoms with van der Waals surface area (Å²) in [5.41, 5.74) is 4.91. The number of hydrogen-bond acceptors (Lipinski definition) is 7. The molecule has 1 saturated heterocycles. The average molecular weight is 657 g/mol. The van der Waals surface area contributed by atoms with E-state index in [1.165, 1.54) is 11.3 Å². The third-order valence-electron chi connectivity index (χ3n) is 8.57. The van der Waals surface area contributed by atoms with Gasteiger partial charge in [0.2, 0.25) is 5.91 Å². The van der Waals surface area contributed by atoms with Crippen molar-refractivity contribution >= 4 is 40.3 Å². The number of thiophene rings is 1. The summed E-state index contributed by atoms with van der Waals surface area (Å²) in [6, 6.07) is 30.6. The summed E-state index contributed by atoms with van der Waals surface area (Å²) in [6.45, 7) is 3.56. The summed E-state index contributed by atoms with van der Waals surface area (Å²) >= 11 is 1.44. The number of aromatic nitrogens is 2. The predicted molar refractivity (Wildman–Crippen MR) is 187 cm³/mol. The Hall–Kier alpha value is -5.53. The lowest BCUT2D eigenvalue weighted by Crippen LogP contribution is -2.48. The highest BCUT2D eigenvalue weighted by molar-refractivity contribution is 7.12. The Morgan fingerprint density at radius 3 is 2.29 bits per heavy atom. The third-order valence-corrected chi connectivity index (χ3v) is 9.48. The van der Waals surface area contributed by atoms with Crippen LogP contribution in [0.3, 0.4) is 0 Å². The molecule has 1 aliphatic heterocycles. The van der Waals surface area contributed by atoms with Crippen LogP contribution >= 0.6 is 11.3 Å². The molecule has 5 aromatic rings. The van der Waals surface area contributed by atoms with E-state index in [-0.39, 0.29) is 17.6 Å². The largest absolute Gasteiger partial charge is 0.368 e. The molecule has 0 unspecified atom stereocenters. The first-order valence-electron chi connectivity index (χ1n) is 16.0. The lowest BCUT2D eigenvalue weighted by molar-refractivity contribution is -0.131. The Morgan fingerprint density at radius 1 is 0.854 bits per heavy atom. The quantitative estimate of drug-likeness (QED) is 0.144.